The van der Waals surface area contributed by atoms with Gasteiger partial charge in [-0.05, 0) is 61.0 Å². The minimum absolute atomic E-state index is 0.272. The molecule has 4 rings (SSSR count). The zero-order chi connectivity index (χ0) is 19.8. The fraction of sp³-hybridized carbons (Fsp3) is 0.0476. The van der Waals surface area contributed by atoms with Crippen LogP contribution in [0.3, 0.4) is 0 Å². The molecule has 3 aromatic carbocycles. The summed E-state index contributed by atoms with van der Waals surface area (Å²) in [7, 11) is 0. The van der Waals surface area contributed by atoms with E-state index in [4.69, 9.17) is 39.2 Å². The summed E-state index contributed by atoms with van der Waals surface area (Å²) in [6, 6.07) is 15.5. The van der Waals surface area contributed by atoms with Crippen LogP contribution in [0, 0.1) is 6.92 Å². The molecule has 28 heavy (non-hydrogen) atoms. The molecule has 4 nitrogen and oxygen atoms in total. The molecule has 0 unspecified atom stereocenters. The Bertz CT molecular complexity index is 1220. The van der Waals surface area contributed by atoms with E-state index in [0.29, 0.717) is 38.3 Å². The van der Waals surface area contributed by atoms with E-state index in [2.05, 4.69) is 10.3 Å². The van der Waals surface area contributed by atoms with Crippen molar-refractivity contribution in [3.63, 3.8) is 0 Å². The number of aromatic nitrogens is 1. The Hall–Kier alpha value is -2.53. The highest BCUT2D eigenvalue weighted by molar-refractivity contribution is 6.37. The van der Waals surface area contributed by atoms with E-state index >= 15 is 0 Å². The predicted molar refractivity (Wildman–Crippen MR) is 114 cm³/mol. The summed E-state index contributed by atoms with van der Waals surface area (Å²) in [4.78, 5) is 17.1. The number of carbonyl (C=O) groups excluding carboxylic acids is 1. The maximum absolute atomic E-state index is 12.5. The lowest BCUT2D eigenvalue weighted by molar-refractivity contribution is 0.102. The Morgan fingerprint density at radius 2 is 1.79 bits per heavy atom. The number of benzene rings is 3. The van der Waals surface area contributed by atoms with Crippen molar-refractivity contribution in [2.24, 2.45) is 0 Å². The number of amides is 1. The molecule has 0 aliphatic rings. The number of carbonyl (C=O) groups is 1. The molecule has 7 heteroatoms. The first-order chi connectivity index (χ1) is 13.4. The molecule has 1 N–H and O–H groups in total. The number of oxazole rings is 1. The minimum Gasteiger partial charge on any atom is -0.436 e. The van der Waals surface area contributed by atoms with E-state index in [9.17, 15) is 4.79 Å². The molecule has 4 aromatic rings. The van der Waals surface area contributed by atoms with Crippen molar-refractivity contribution in [1.82, 2.24) is 4.98 Å². The molecule has 0 saturated heterocycles. The summed E-state index contributed by atoms with van der Waals surface area (Å²) in [5.74, 6) is 0.0225. The number of nitrogens with zero attached hydrogens (tertiary/aromatic N) is 1. The van der Waals surface area contributed by atoms with Gasteiger partial charge in [-0.3, -0.25) is 4.79 Å². The summed E-state index contributed by atoms with van der Waals surface area (Å²) < 4.78 is 5.82. The second kappa shape index (κ2) is 7.47. The summed E-state index contributed by atoms with van der Waals surface area (Å²) in [5.41, 5.74) is 3.93. The van der Waals surface area contributed by atoms with Crippen LogP contribution in [0.1, 0.15) is 15.9 Å². The smallest absolute Gasteiger partial charge is 0.257 e. The van der Waals surface area contributed by atoms with Gasteiger partial charge in [0.05, 0.1) is 21.2 Å². The van der Waals surface area contributed by atoms with Gasteiger partial charge in [-0.15, -0.1) is 0 Å². The fourth-order valence-electron chi connectivity index (χ4n) is 2.79. The van der Waals surface area contributed by atoms with Crippen LogP contribution in [0.15, 0.2) is 59.0 Å². The maximum atomic E-state index is 12.5. The second-order valence-electron chi connectivity index (χ2n) is 6.26. The van der Waals surface area contributed by atoms with E-state index in [1.54, 1.807) is 30.3 Å². The van der Waals surface area contributed by atoms with Crippen molar-refractivity contribution in [2.45, 2.75) is 6.92 Å². The monoisotopic (exact) mass is 430 g/mol. The van der Waals surface area contributed by atoms with Crippen molar-refractivity contribution in [1.29, 1.82) is 0 Å². The molecule has 140 valence electrons. The SMILES string of the molecule is Cc1ccc2oc(-c3cc(NC(=O)c4ccc(Cl)cc4Cl)ccc3Cl)nc2c1. The number of hydrogen-bond donors (Lipinski definition) is 1. The van der Waals surface area contributed by atoms with Gasteiger partial charge in [-0.1, -0.05) is 40.9 Å². The van der Waals surface area contributed by atoms with Crippen molar-refractivity contribution in [3.8, 4) is 11.5 Å². The third-order valence-corrected chi connectivity index (χ3v) is 5.05. The minimum atomic E-state index is -0.358. The lowest BCUT2D eigenvalue weighted by Crippen LogP contribution is -2.12. The molecule has 0 aliphatic heterocycles. The zero-order valence-corrected chi connectivity index (χ0v) is 16.9. The van der Waals surface area contributed by atoms with Gasteiger partial charge in [0, 0.05) is 10.7 Å². The number of fused-ring (bicyclic) bond motifs is 1. The molecule has 0 fully saturated rings. The van der Waals surface area contributed by atoms with E-state index in [-0.39, 0.29) is 10.9 Å². The molecule has 0 aliphatic carbocycles. The average molecular weight is 432 g/mol. The first-order valence-electron chi connectivity index (χ1n) is 8.34. The van der Waals surface area contributed by atoms with E-state index in [0.717, 1.165) is 11.1 Å². The number of hydrogen-bond acceptors (Lipinski definition) is 3. The summed E-state index contributed by atoms with van der Waals surface area (Å²) >= 11 is 18.3. The number of halogens is 3. The normalized spacial score (nSPS) is 11.0. The number of rotatable bonds is 3. The zero-order valence-electron chi connectivity index (χ0n) is 14.6. The number of nitrogens with one attached hydrogen (secondary N) is 1. The Morgan fingerprint density at radius 1 is 0.964 bits per heavy atom. The molecule has 0 radical (unpaired) electrons. The van der Waals surface area contributed by atoms with Gasteiger partial charge < -0.3 is 9.73 Å². The highest BCUT2D eigenvalue weighted by Gasteiger charge is 2.15. The lowest BCUT2D eigenvalue weighted by Gasteiger charge is -2.09. The Labute approximate surface area is 176 Å². The van der Waals surface area contributed by atoms with Gasteiger partial charge in [0.2, 0.25) is 5.89 Å². The molecule has 0 spiro atoms. The molecular formula is C21H13Cl3N2O2. The Morgan fingerprint density at radius 3 is 2.57 bits per heavy atom. The van der Waals surface area contributed by atoms with E-state index in [1.165, 1.54) is 6.07 Å². The van der Waals surface area contributed by atoms with Crippen LogP contribution >= 0.6 is 34.8 Å². The van der Waals surface area contributed by atoms with Gasteiger partial charge in [0.15, 0.2) is 5.58 Å². The van der Waals surface area contributed by atoms with Gasteiger partial charge in [0.1, 0.15) is 5.52 Å². The quantitative estimate of drug-likeness (QED) is 0.379. The molecule has 0 bridgehead atoms. The van der Waals surface area contributed by atoms with Crippen molar-refractivity contribution in [3.05, 3.63) is 80.8 Å². The first-order valence-corrected chi connectivity index (χ1v) is 9.47. The third-order valence-electron chi connectivity index (χ3n) is 4.17. The molecule has 1 amide bonds. The highest BCUT2D eigenvalue weighted by atomic mass is 35.5. The van der Waals surface area contributed by atoms with Crippen LogP contribution in [-0.4, -0.2) is 10.9 Å². The Kier molecular flexibility index (Phi) is 5.02. The Balaban J connectivity index is 1.67. The summed E-state index contributed by atoms with van der Waals surface area (Å²) in [6.07, 6.45) is 0. The second-order valence-corrected chi connectivity index (χ2v) is 7.51. The van der Waals surface area contributed by atoms with E-state index < -0.39 is 0 Å². The van der Waals surface area contributed by atoms with E-state index in [1.807, 2.05) is 25.1 Å². The van der Waals surface area contributed by atoms with Crippen molar-refractivity contribution < 1.29 is 9.21 Å². The molecular weight excluding hydrogens is 419 g/mol. The summed E-state index contributed by atoms with van der Waals surface area (Å²) in [6.45, 7) is 1.98. The lowest BCUT2D eigenvalue weighted by atomic mass is 10.1. The predicted octanol–water partition coefficient (Wildman–Crippen LogP) is 7.02. The molecule has 0 atom stereocenters. The third kappa shape index (κ3) is 3.72. The molecule has 0 saturated carbocycles. The van der Waals surface area contributed by atoms with Crippen LogP contribution in [0.4, 0.5) is 5.69 Å². The topological polar surface area (TPSA) is 55.1 Å². The van der Waals surface area contributed by atoms with Crippen LogP contribution in [-0.2, 0) is 0 Å². The van der Waals surface area contributed by atoms with Gasteiger partial charge in [0.25, 0.3) is 5.91 Å². The van der Waals surface area contributed by atoms with Gasteiger partial charge in [-0.25, -0.2) is 4.98 Å². The molecule has 1 heterocycles. The van der Waals surface area contributed by atoms with Crippen LogP contribution in [0.5, 0.6) is 0 Å². The summed E-state index contributed by atoms with van der Waals surface area (Å²) in [5, 5.41) is 4.00. The van der Waals surface area contributed by atoms with Crippen molar-refractivity contribution in [2.75, 3.05) is 5.32 Å². The van der Waals surface area contributed by atoms with Crippen LogP contribution in [0.2, 0.25) is 15.1 Å². The highest BCUT2D eigenvalue weighted by Crippen LogP contribution is 2.33. The number of aryl methyl sites for hydroxylation is 1. The largest absolute Gasteiger partial charge is 0.436 e. The van der Waals surface area contributed by atoms with Crippen LogP contribution < -0.4 is 5.32 Å². The first kappa shape index (κ1) is 18.8. The standard InChI is InChI=1S/C21H13Cl3N2O2/c1-11-2-7-19-18(8-11)26-21(28-19)15-10-13(4-6-16(15)23)25-20(27)14-5-3-12(22)9-17(14)24/h2-10H,1H3,(H,25,27). The fourth-order valence-corrected chi connectivity index (χ4v) is 3.48. The van der Waals surface area contributed by atoms with Gasteiger partial charge >= 0.3 is 0 Å². The van der Waals surface area contributed by atoms with Crippen LogP contribution in [0.25, 0.3) is 22.6 Å². The number of anilines is 1. The van der Waals surface area contributed by atoms with Gasteiger partial charge in [-0.2, -0.15) is 0 Å². The molecule has 1 aromatic heterocycles. The maximum Gasteiger partial charge on any atom is 0.257 e. The van der Waals surface area contributed by atoms with Crippen molar-refractivity contribution >= 4 is 57.5 Å². The average Bonchev–Trinajstić information content (AvgIpc) is 3.06.